The van der Waals surface area contributed by atoms with Crippen molar-refractivity contribution in [2.45, 2.75) is 30.2 Å². The first-order valence-electron chi connectivity index (χ1n) is 9.98. The third kappa shape index (κ3) is 3.53. The molecule has 13 heteroatoms. The first kappa shape index (κ1) is 24.3. The van der Waals surface area contributed by atoms with Crippen LogP contribution in [0.2, 0.25) is 0 Å². The van der Waals surface area contributed by atoms with Crippen LogP contribution < -0.4 is 10.2 Å². The number of rotatable bonds is 4. The molecule has 3 aromatic rings. The predicted octanol–water partition coefficient (Wildman–Crippen LogP) is -0.703. The quantitative estimate of drug-likeness (QED) is 0.211. The number of ether oxygens (including phenoxy) is 2. The Kier molecular flexibility index (Phi) is 5.82. The second kappa shape index (κ2) is 8.41. The van der Waals surface area contributed by atoms with E-state index in [1.165, 1.54) is 25.3 Å². The Morgan fingerprint density at radius 3 is 2.31 bits per heavy atom. The van der Waals surface area contributed by atoms with Crippen molar-refractivity contribution in [1.82, 2.24) is 0 Å². The van der Waals surface area contributed by atoms with Gasteiger partial charge in [-0.1, -0.05) is 0 Å². The largest absolute Gasteiger partial charge is 0.504 e. The topological polar surface area (TPSA) is 228 Å². The molecule has 1 fully saturated rings. The van der Waals surface area contributed by atoms with Gasteiger partial charge in [-0.2, -0.15) is 0 Å². The summed E-state index contributed by atoms with van der Waals surface area (Å²) in [5, 5.41) is 80.5. The summed E-state index contributed by atoms with van der Waals surface area (Å²) in [7, 11) is 1.29. The van der Waals surface area contributed by atoms with Crippen molar-refractivity contribution in [2.24, 2.45) is 0 Å². The molecule has 35 heavy (non-hydrogen) atoms. The maximum atomic E-state index is 12.8. The van der Waals surface area contributed by atoms with E-state index < -0.39 is 69.6 Å². The van der Waals surface area contributed by atoms with Gasteiger partial charge in [0.1, 0.15) is 35.0 Å². The van der Waals surface area contributed by atoms with Crippen LogP contribution >= 0.6 is 0 Å². The van der Waals surface area contributed by atoms with Gasteiger partial charge in [-0.15, -0.1) is 0 Å². The molecule has 0 aliphatic carbocycles. The number of phenolic OH excluding ortho intramolecular Hbond substituents is 3. The molecule has 5 atom stereocenters. The van der Waals surface area contributed by atoms with Crippen LogP contribution in [0.3, 0.4) is 0 Å². The van der Waals surface area contributed by atoms with Gasteiger partial charge in [-0.25, -0.2) is 4.79 Å². The standard InChI is InChI=1S/C22H20O13/c1-33-12-4-7(2-3-9(12)23)11-6-10(24)14-13(34-11)5-8(15(25)16(14)26)22(21(31)32)19(29)17(27)18(28)20(30)35-22/h2-6,17-20,23,25-30H,1H3,(H,31,32)/t17-,18-,19+,20?,22+/m1/s1. The van der Waals surface area contributed by atoms with Crippen molar-refractivity contribution < 1.29 is 59.5 Å². The Morgan fingerprint density at radius 1 is 1.00 bits per heavy atom. The molecule has 1 aliphatic rings. The normalized spacial score (nSPS) is 26.5. The minimum absolute atomic E-state index is 0.0459. The molecule has 4 rings (SSSR count). The lowest BCUT2D eigenvalue weighted by molar-refractivity contribution is -0.319. The number of methoxy groups -OCH3 is 1. The first-order valence-corrected chi connectivity index (χ1v) is 9.98. The molecular formula is C22H20O13. The van der Waals surface area contributed by atoms with E-state index in [4.69, 9.17) is 13.9 Å². The minimum Gasteiger partial charge on any atom is -0.504 e. The van der Waals surface area contributed by atoms with Crippen molar-refractivity contribution in [3.8, 4) is 34.3 Å². The van der Waals surface area contributed by atoms with Crippen LogP contribution in [0, 0.1) is 0 Å². The van der Waals surface area contributed by atoms with Gasteiger partial charge in [0.05, 0.1) is 7.11 Å². The van der Waals surface area contributed by atoms with Gasteiger partial charge in [-0.3, -0.25) is 4.79 Å². The maximum absolute atomic E-state index is 12.8. The highest BCUT2D eigenvalue weighted by Gasteiger charge is 2.60. The zero-order valence-corrected chi connectivity index (χ0v) is 17.8. The smallest absolute Gasteiger partial charge is 0.343 e. The molecule has 0 radical (unpaired) electrons. The molecule has 2 aromatic carbocycles. The van der Waals surface area contributed by atoms with Gasteiger partial charge in [0.25, 0.3) is 0 Å². The lowest BCUT2D eigenvalue weighted by Gasteiger charge is -2.44. The summed E-state index contributed by atoms with van der Waals surface area (Å²) < 4.78 is 15.6. The third-order valence-electron chi connectivity index (χ3n) is 5.84. The summed E-state index contributed by atoms with van der Waals surface area (Å²) in [6, 6.07) is 5.72. The van der Waals surface area contributed by atoms with Gasteiger partial charge < -0.3 is 54.7 Å². The van der Waals surface area contributed by atoms with E-state index in [0.717, 1.165) is 12.1 Å². The average Bonchev–Trinajstić information content (AvgIpc) is 2.82. The predicted molar refractivity (Wildman–Crippen MR) is 114 cm³/mol. The lowest BCUT2D eigenvalue weighted by atomic mass is 9.80. The number of aliphatic hydroxyl groups excluding tert-OH is 4. The van der Waals surface area contributed by atoms with E-state index in [0.29, 0.717) is 0 Å². The number of carbonyl (C=O) groups is 1. The Bertz CT molecular complexity index is 1380. The Labute approximate surface area is 194 Å². The van der Waals surface area contributed by atoms with E-state index in [1.807, 2.05) is 0 Å². The number of carboxylic acid groups (broad SMARTS) is 1. The van der Waals surface area contributed by atoms with Crippen LogP contribution in [-0.4, -0.2) is 78.5 Å². The average molecular weight is 492 g/mol. The van der Waals surface area contributed by atoms with Crippen LogP contribution in [-0.2, 0) is 15.1 Å². The number of aliphatic hydroxyl groups is 4. The van der Waals surface area contributed by atoms with Crippen LogP contribution in [0.25, 0.3) is 22.3 Å². The molecule has 186 valence electrons. The SMILES string of the molecule is COc1cc(-c2cc(=O)c3c(O)c(O)c([C@]4(C(=O)O)OC(O)[C@H](O)[C@@H](O)[C@@H]4O)cc3o2)ccc1O. The summed E-state index contributed by atoms with van der Waals surface area (Å²) in [6.07, 6.45) is -9.10. The second-order valence-corrected chi connectivity index (χ2v) is 7.83. The summed E-state index contributed by atoms with van der Waals surface area (Å²) >= 11 is 0. The van der Waals surface area contributed by atoms with E-state index >= 15 is 0 Å². The molecule has 2 heterocycles. The van der Waals surface area contributed by atoms with Crippen molar-refractivity contribution in [3.63, 3.8) is 0 Å². The highest BCUT2D eigenvalue weighted by atomic mass is 16.7. The Hall–Kier alpha value is -3.88. The highest BCUT2D eigenvalue weighted by Crippen LogP contribution is 2.47. The summed E-state index contributed by atoms with van der Waals surface area (Å²) in [4.78, 5) is 25.0. The summed E-state index contributed by atoms with van der Waals surface area (Å²) in [6.45, 7) is 0. The number of aromatic hydroxyl groups is 3. The number of phenols is 3. The van der Waals surface area contributed by atoms with Gasteiger partial charge in [-0.05, 0) is 24.3 Å². The number of hydrogen-bond acceptors (Lipinski definition) is 12. The molecule has 8 N–H and O–H groups in total. The molecule has 0 amide bonds. The van der Waals surface area contributed by atoms with Crippen molar-refractivity contribution in [3.05, 3.63) is 46.1 Å². The van der Waals surface area contributed by atoms with E-state index in [9.17, 15) is 50.4 Å². The second-order valence-electron chi connectivity index (χ2n) is 7.83. The molecule has 13 nitrogen and oxygen atoms in total. The minimum atomic E-state index is -3.09. The molecule has 0 saturated carbocycles. The number of fused-ring (bicyclic) bond motifs is 1. The van der Waals surface area contributed by atoms with E-state index in [2.05, 4.69) is 0 Å². The number of hydrogen-bond donors (Lipinski definition) is 8. The van der Waals surface area contributed by atoms with Gasteiger partial charge >= 0.3 is 5.97 Å². The van der Waals surface area contributed by atoms with Gasteiger partial charge in [0.2, 0.25) is 5.60 Å². The summed E-state index contributed by atoms with van der Waals surface area (Å²) in [5.41, 5.74) is -5.04. The van der Waals surface area contributed by atoms with Crippen molar-refractivity contribution in [1.29, 1.82) is 0 Å². The fourth-order valence-electron chi connectivity index (χ4n) is 3.99. The molecule has 1 saturated heterocycles. The monoisotopic (exact) mass is 492 g/mol. The lowest BCUT2D eigenvalue weighted by Crippen LogP contribution is -2.65. The number of aliphatic carboxylic acids is 1. The zero-order valence-electron chi connectivity index (χ0n) is 17.8. The molecular weight excluding hydrogens is 472 g/mol. The molecule has 1 aromatic heterocycles. The Morgan fingerprint density at radius 2 is 1.69 bits per heavy atom. The Balaban J connectivity index is 2.00. The van der Waals surface area contributed by atoms with Gasteiger partial charge in [0, 0.05) is 17.2 Å². The van der Waals surface area contributed by atoms with Gasteiger partial charge in [0.15, 0.2) is 34.7 Å². The molecule has 1 aliphatic heterocycles. The summed E-state index contributed by atoms with van der Waals surface area (Å²) in [5.74, 6) is -4.60. The van der Waals surface area contributed by atoms with Crippen LogP contribution in [0.15, 0.2) is 39.5 Å². The van der Waals surface area contributed by atoms with Crippen LogP contribution in [0.1, 0.15) is 5.56 Å². The fourth-order valence-corrected chi connectivity index (χ4v) is 3.99. The maximum Gasteiger partial charge on any atom is 0.343 e. The third-order valence-corrected chi connectivity index (χ3v) is 5.84. The van der Waals surface area contributed by atoms with Crippen molar-refractivity contribution in [2.75, 3.05) is 7.11 Å². The first-order chi connectivity index (χ1) is 16.4. The molecule has 0 spiro atoms. The molecule has 1 unspecified atom stereocenters. The van der Waals surface area contributed by atoms with Crippen LogP contribution in [0.5, 0.6) is 23.0 Å². The highest BCUT2D eigenvalue weighted by molar-refractivity contribution is 5.92. The van der Waals surface area contributed by atoms with E-state index in [1.54, 1.807) is 0 Å². The zero-order chi connectivity index (χ0) is 25.8. The van der Waals surface area contributed by atoms with Crippen LogP contribution in [0.4, 0.5) is 0 Å². The number of benzene rings is 2. The van der Waals surface area contributed by atoms with Crippen molar-refractivity contribution >= 4 is 16.9 Å². The number of carboxylic acids is 1. The fraction of sp³-hybridized carbons (Fsp3) is 0.273. The molecule has 0 bridgehead atoms. The van der Waals surface area contributed by atoms with E-state index in [-0.39, 0.29) is 22.8 Å².